The predicted molar refractivity (Wildman–Crippen MR) is 104 cm³/mol. The lowest BCUT2D eigenvalue weighted by Gasteiger charge is -2.11. The zero-order valence-corrected chi connectivity index (χ0v) is 14.5. The number of amidine groups is 1. The van der Waals surface area contributed by atoms with Crippen LogP contribution in [0.2, 0.25) is 0 Å². The van der Waals surface area contributed by atoms with Gasteiger partial charge in [-0.05, 0) is 35.4 Å². The largest absolute Gasteiger partial charge is 0.454 e. The van der Waals surface area contributed by atoms with Crippen molar-refractivity contribution in [2.75, 3.05) is 6.79 Å². The van der Waals surface area contributed by atoms with Gasteiger partial charge in [-0.15, -0.1) is 0 Å². The smallest absolute Gasteiger partial charge is 0.231 e. The second-order valence-corrected chi connectivity index (χ2v) is 7.21. The van der Waals surface area contributed by atoms with Crippen molar-refractivity contribution >= 4 is 17.1 Å². The van der Waals surface area contributed by atoms with E-state index in [1.165, 1.54) is 0 Å². The summed E-state index contributed by atoms with van der Waals surface area (Å²) < 4.78 is 10.9. The van der Waals surface area contributed by atoms with Gasteiger partial charge in [0.15, 0.2) is 17.3 Å². The summed E-state index contributed by atoms with van der Waals surface area (Å²) in [5, 5.41) is 0. The third-order valence-corrected chi connectivity index (χ3v) is 5.58. The Bertz CT molecular complexity index is 1080. The van der Waals surface area contributed by atoms with E-state index in [0.717, 1.165) is 45.4 Å². The maximum absolute atomic E-state index is 6.44. The van der Waals surface area contributed by atoms with Gasteiger partial charge in [-0.3, -0.25) is 4.99 Å². The Balaban J connectivity index is 1.44. The van der Waals surface area contributed by atoms with Gasteiger partial charge in [-0.25, -0.2) is 4.99 Å². The summed E-state index contributed by atoms with van der Waals surface area (Å²) in [4.78, 5) is 9.73. The lowest BCUT2D eigenvalue weighted by Crippen LogP contribution is -2.13. The molecule has 2 N–H and O–H groups in total. The Morgan fingerprint density at radius 1 is 0.889 bits per heavy atom. The molecule has 0 saturated heterocycles. The summed E-state index contributed by atoms with van der Waals surface area (Å²) >= 11 is 0. The van der Waals surface area contributed by atoms with E-state index in [0.29, 0.717) is 5.92 Å². The summed E-state index contributed by atoms with van der Waals surface area (Å²) in [7, 11) is 0. The minimum absolute atomic E-state index is 0.207. The molecule has 5 nitrogen and oxygen atoms in total. The Morgan fingerprint density at radius 3 is 2.63 bits per heavy atom. The average molecular weight is 355 g/mol. The molecule has 2 heterocycles. The van der Waals surface area contributed by atoms with E-state index in [9.17, 15) is 0 Å². The van der Waals surface area contributed by atoms with Gasteiger partial charge < -0.3 is 15.2 Å². The first-order chi connectivity index (χ1) is 13.3. The molecule has 2 aromatic carbocycles. The number of fused-ring (bicyclic) bond motifs is 2. The molecule has 132 valence electrons. The molecule has 0 spiro atoms. The van der Waals surface area contributed by atoms with E-state index in [1.54, 1.807) is 0 Å². The van der Waals surface area contributed by atoms with Gasteiger partial charge in [0.25, 0.3) is 0 Å². The van der Waals surface area contributed by atoms with E-state index < -0.39 is 0 Å². The van der Waals surface area contributed by atoms with Crippen LogP contribution in [0.25, 0.3) is 5.57 Å². The van der Waals surface area contributed by atoms with Crippen LogP contribution in [-0.2, 0) is 0 Å². The van der Waals surface area contributed by atoms with Crippen molar-refractivity contribution in [1.29, 1.82) is 0 Å². The zero-order valence-electron chi connectivity index (χ0n) is 14.5. The first kappa shape index (κ1) is 14.8. The predicted octanol–water partition coefficient (Wildman–Crippen LogP) is 3.17. The van der Waals surface area contributed by atoms with Crippen LogP contribution in [0.15, 0.2) is 76.4 Å². The third kappa shape index (κ3) is 2.24. The number of allylic oxidation sites excluding steroid dienone is 3. The van der Waals surface area contributed by atoms with Crippen LogP contribution < -0.4 is 15.2 Å². The number of nitrogens with two attached hydrogens (primary N) is 1. The number of nitrogens with zero attached hydrogens (tertiary/aromatic N) is 2. The van der Waals surface area contributed by atoms with Crippen molar-refractivity contribution < 1.29 is 9.47 Å². The Hall–Kier alpha value is -3.34. The molecule has 6 rings (SSSR count). The number of benzene rings is 2. The minimum atomic E-state index is 0.207. The molecule has 1 fully saturated rings. The fourth-order valence-corrected chi connectivity index (χ4v) is 4.16. The van der Waals surface area contributed by atoms with Crippen LogP contribution in [0.4, 0.5) is 0 Å². The highest BCUT2D eigenvalue weighted by molar-refractivity contribution is 6.17. The molecular weight excluding hydrogens is 338 g/mol. The van der Waals surface area contributed by atoms with Gasteiger partial charge in [-0.1, -0.05) is 36.4 Å². The van der Waals surface area contributed by atoms with Crippen molar-refractivity contribution in [1.82, 2.24) is 0 Å². The Morgan fingerprint density at radius 2 is 1.74 bits per heavy atom. The molecule has 2 aromatic rings. The number of aliphatic imine (C=N–C) groups is 2. The van der Waals surface area contributed by atoms with E-state index in [-0.39, 0.29) is 18.8 Å². The summed E-state index contributed by atoms with van der Waals surface area (Å²) in [5.41, 5.74) is 11.5. The maximum atomic E-state index is 6.44. The highest BCUT2D eigenvalue weighted by Gasteiger charge is 2.56. The van der Waals surface area contributed by atoms with Crippen molar-refractivity contribution in [3.63, 3.8) is 0 Å². The molecule has 0 amide bonds. The molecule has 0 aromatic heterocycles. The van der Waals surface area contributed by atoms with Crippen LogP contribution in [0.3, 0.4) is 0 Å². The molecule has 1 saturated carbocycles. The fraction of sp³-hybridized carbons (Fsp3) is 0.182. The first-order valence-corrected chi connectivity index (χ1v) is 9.08. The lowest BCUT2D eigenvalue weighted by atomic mass is 10.0. The maximum Gasteiger partial charge on any atom is 0.231 e. The molecule has 2 aliphatic carbocycles. The van der Waals surface area contributed by atoms with Crippen molar-refractivity contribution in [3.05, 3.63) is 77.5 Å². The van der Waals surface area contributed by atoms with Crippen molar-refractivity contribution in [2.45, 2.75) is 6.04 Å². The van der Waals surface area contributed by atoms with Crippen LogP contribution in [0.5, 0.6) is 11.5 Å². The molecular formula is C22H17N3O2. The van der Waals surface area contributed by atoms with E-state index in [4.69, 9.17) is 25.2 Å². The number of ether oxygens (including phenoxy) is 2. The summed E-state index contributed by atoms with van der Waals surface area (Å²) in [6, 6.07) is 16.3. The number of hydrogen-bond donors (Lipinski definition) is 1. The van der Waals surface area contributed by atoms with Crippen molar-refractivity contribution in [2.24, 2.45) is 27.6 Å². The van der Waals surface area contributed by atoms with Gasteiger partial charge in [0, 0.05) is 28.8 Å². The second-order valence-electron chi connectivity index (χ2n) is 7.21. The lowest BCUT2D eigenvalue weighted by molar-refractivity contribution is 0.174. The minimum Gasteiger partial charge on any atom is -0.454 e. The first-order valence-electron chi connectivity index (χ1n) is 9.08. The molecule has 5 heteroatoms. The summed E-state index contributed by atoms with van der Waals surface area (Å²) in [6.07, 6.45) is 4.20. The average Bonchev–Trinajstić information content (AvgIpc) is 3.30. The van der Waals surface area contributed by atoms with Gasteiger partial charge in [0.1, 0.15) is 0 Å². The molecule has 2 unspecified atom stereocenters. The normalized spacial score (nSPS) is 26.9. The molecule has 3 atom stereocenters. The standard InChI is InChI=1S/C22H17N3O2/c23-15-8-14(13-6-7-17-18(10-13)27-11-26-17)9-16-20-19(15)21(20)25-22(24-16)12-4-2-1-3-5-12/h1-10,19-21H,11,23H2/t19-,20?,21?/m1/s1. The number of rotatable bonds is 2. The topological polar surface area (TPSA) is 69.2 Å². The molecule has 0 radical (unpaired) electrons. The van der Waals surface area contributed by atoms with Crippen LogP contribution in [0, 0.1) is 11.8 Å². The monoisotopic (exact) mass is 355 g/mol. The van der Waals surface area contributed by atoms with Crippen LogP contribution in [-0.4, -0.2) is 24.4 Å². The third-order valence-electron chi connectivity index (χ3n) is 5.58. The highest BCUT2D eigenvalue weighted by Crippen LogP contribution is 2.51. The van der Waals surface area contributed by atoms with Gasteiger partial charge >= 0.3 is 0 Å². The summed E-state index contributed by atoms with van der Waals surface area (Å²) in [5.74, 6) is 2.88. The SMILES string of the molecule is NC1=CC(c2ccc3c(c2)OCO3)=CC2=NC(c3ccccc3)=NC3C2[C@@H]13. The highest BCUT2D eigenvalue weighted by atomic mass is 16.7. The van der Waals surface area contributed by atoms with Gasteiger partial charge in [0.2, 0.25) is 6.79 Å². The quantitative estimate of drug-likeness (QED) is 0.900. The molecule has 27 heavy (non-hydrogen) atoms. The second kappa shape index (κ2) is 5.33. The zero-order chi connectivity index (χ0) is 18.0. The van der Waals surface area contributed by atoms with Gasteiger partial charge in [-0.2, -0.15) is 0 Å². The van der Waals surface area contributed by atoms with Crippen molar-refractivity contribution in [3.8, 4) is 11.5 Å². The van der Waals surface area contributed by atoms with Crippen LogP contribution in [0.1, 0.15) is 11.1 Å². The molecule has 2 aliphatic heterocycles. The van der Waals surface area contributed by atoms with E-state index in [1.807, 2.05) is 48.5 Å². The Labute approximate surface area is 156 Å². The molecule has 0 bridgehead atoms. The van der Waals surface area contributed by atoms with Crippen LogP contribution >= 0.6 is 0 Å². The van der Waals surface area contributed by atoms with Gasteiger partial charge in [0.05, 0.1) is 6.04 Å². The van der Waals surface area contributed by atoms with E-state index >= 15 is 0 Å². The van der Waals surface area contributed by atoms with E-state index in [2.05, 4.69) is 12.2 Å². The summed E-state index contributed by atoms with van der Waals surface area (Å²) in [6.45, 7) is 0.269. The Kier molecular flexibility index (Phi) is 2.92. The number of hydrogen-bond acceptors (Lipinski definition) is 5. The molecule has 4 aliphatic rings. The fourth-order valence-electron chi connectivity index (χ4n) is 4.16.